The summed E-state index contributed by atoms with van der Waals surface area (Å²) in [5.74, 6) is -0.242. The maximum Gasteiger partial charge on any atom is 0.407 e. The van der Waals surface area contributed by atoms with Crippen LogP contribution in [0.15, 0.2) is 30.3 Å². The third kappa shape index (κ3) is 11.8. The molecule has 176 valence electrons. The summed E-state index contributed by atoms with van der Waals surface area (Å²) >= 11 is 0. The van der Waals surface area contributed by atoms with E-state index in [4.69, 9.17) is 9.47 Å². The van der Waals surface area contributed by atoms with E-state index in [1.165, 1.54) is 12.7 Å². The molecular weight excluding hydrogens is 392 g/mol. The quantitative estimate of drug-likeness (QED) is 0.384. The first-order chi connectivity index (χ1) is 14.4. The van der Waals surface area contributed by atoms with E-state index in [0.29, 0.717) is 13.0 Å². The summed E-state index contributed by atoms with van der Waals surface area (Å²) in [6.45, 7) is 12.6. The van der Waals surface area contributed by atoms with Crippen LogP contribution in [0.2, 0.25) is 0 Å². The molecule has 6 nitrogen and oxygen atoms in total. The zero-order valence-corrected chi connectivity index (χ0v) is 20.4. The maximum absolute atomic E-state index is 12.4. The average molecular weight is 435 g/mol. The molecule has 0 aromatic heterocycles. The number of esters is 1. The highest BCUT2D eigenvalue weighted by Crippen LogP contribution is 2.24. The van der Waals surface area contributed by atoms with Crippen LogP contribution in [-0.4, -0.2) is 43.4 Å². The lowest BCUT2D eigenvalue weighted by atomic mass is 9.82. The molecule has 1 amide bonds. The van der Waals surface area contributed by atoms with Gasteiger partial charge in [-0.25, -0.2) is 4.79 Å². The number of amides is 1. The van der Waals surface area contributed by atoms with Crippen LogP contribution in [0, 0.1) is 5.41 Å². The molecule has 0 fully saturated rings. The topological polar surface area (TPSA) is 76.7 Å². The van der Waals surface area contributed by atoms with Crippen molar-refractivity contribution in [1.82, 2.24) is 10.6 Å². The number of carbonyl (C=O) groups excluding carboxylic acids is 2. The molecule has 0 aliphatic carbocycles. The molecule has 0 aliphatic heterocycles. The van der Waals surface area contributed by atoms with Gasteiger partial charge in [-0.2, -0.15) is 0 Å². The summed E-state index contributed by atoms with van der Waals surface area (Å²) in [5, 5.41) is 6.32. The van der Waals surface area contributed by atoms with Gasteiger partial charge in [0.25, 0.3) is 0 Å². The van der Waals surface area contributed by atoms with E-state index in [1.807, 2.05) is 26.8 Å². The Bertz CT molecular complexity index is 662. The lowest BCUT2D eigenvalue weighted by Gasteiger charge is -2.34. The molecule has 2 N–H and O–H groups in total. The molecule has 0 unspecified atom stereocenters. The fraction of sp³-hybridized carbons (Fsp3) is 0.680. The smallest absolute Gasteiger partial charge is 0.407 e. The SMILES string of the molecule is COC(=O)[C@H](CCCCNC(=O)OC(C)(C)C)N[C@@H](CCc1ccccc1)C(C)(C)C. The highest BCUT2D eigenvalue weighted by Gasteiger charge is 2.29. The maximum atomic E-state index is 12.4. The normalized spacial score (nSPS) is 13.9. The number of hydrogen-bond donors (Lipinski definition) is 2. The molecule has 0 aliphatic rings. The molecule has 0 radical (unpaired) electrons. The molecule has 0 saturated carbocycles. The number of ether oxygens (including phenoxy) is 2. The third-order valence-corrected chi connectivity index (χ3v) is 5.09. The van der Waals surface area contributed by atoms with Gasteiger partial charge in [-0.3, -0.25) is 4.79 Å². The number of alkyl carbamates (subject to hydrolysis) is 1. The van der Waals surface area contributed by atoms with Gasteiger partial charge in [-0.1, -0.05) is 51.1 Å². The van der Waals surface area contributed by atoms with Gasteiger partial charge in [-0.15, -0.1) is 0 Å². The van der Waals surface area contributed by atoms with Crippen molar-refractivity contribution in [3.05, 3.63) is 35.9 Å². The third-order valence-electron chi connectivity index (χ3n) is 5.09. The minimum Gasteiger partial charge on any atom is -0.468 e. The van der Waals surface area contributed by atoms with Crippen molar-refractivity contribution >= 4 is 12.1 Å². The van der Waals surface area contributed by atoms with Crippen molar-refractivity contribution in [2.24, 2.45) is 5.41 Å². The van der Waals surface area contributed by atoms with Crippen molar-refractivity contribution < 1.29 is 19.1 Å². The highest BCUT2D eigenvalue weighted by atomic mass is 16.6. The molecule has 0 spiro atoms. The number of rotatable bonds is 11. The van der Waals surface area contributed by atoms with Gasteiger partial charge in [0.1, 0.15) is 11.6 Å². The van der Waals surface area contributed by atoms with Crippen LogP contribution in [0.1, 0.15) is 72.8 Å². The molecule has 6 heteroatoms. The van der Waals surface area contributed by atoms with Gasteiger partial charge in [-0.05, 0) is 63.9 Å². The lowest BCUT2D eigenvalue weighted by Crippen LogP contribution is -2.49. The number of nitrogens with one attached hydrogen (secondary N) is 2. The molecule has 0 heterocycles. The van der Waals surface area contributed by atoms with Gasteiger partial charge in [0.15, 0.2) is 0 Å². The van der Waals surface area contributed by atoms with Gasteiger partial charge in [0.2, 0.25) is 0 Å². The Morgan fingerprint density at radius 3 is 2.16 bits per heavy atom. The van der Waals surface area contributed by atoms with E-state index in [9.17, 15) is 9.59 Å². The first-order valence-corrected chi connectivity index (χ1v) is 11.3. The number of carbonyl (C=O) groups is 2. The molecule has 1 rings (SSSR count). The molecule has 1 aromatic rings. The Hall–Kier alpha value is -2.08. The Balaban J connectivity index is 2.57. The van der Waals surface area contributed by atoms with Crippen LogP contribution < -0.4 is 10.6 Å². The fourth-order valence-electron chi connectivity index (χ4n) is 3.35. The summed E-state index contributed by atoms with van der Waals surface area (Å²) in [6.07, 6.45) is 3.67. The van der Waals surface area contributed by atoms with Crippen LogP contribution in [0.25, 0.3) is 0 Å². The Labute approximate surface area is 188 Å². The first-order valence-electron chi connectivity index (χ1n) is 11.3. The van der Waals surface area contributed by atoms with Crippen LogP contribution in [0.3, 0.4) is 0 Å². The minimum absolute atomic E-state index is 0.000673. The van der Waals surface area contributed by atoms with Gasteiger partial charge in [0, 0.05) is 12.6 Å². The van der Waals surface area contributed by atoms with E-state index in [0.717, 1.165) is 25.7 Å². The zero-order chi connectivity index (χ0) is 23.5. The summed E-state index contributed by atoms with van der Waals surface area (Å²) in [4.78, 5) is 24.1. The summed E-state index contributed by atoms with van der Waals surface area (Å²) < 4.78 is 10.3. The first kappa shape index (κ1) is 27.0. The second-order valence-corrected chi connectivity index (χ2v) is 10.1. The summed E-state index contributed by atoms with van der Waals surface area (Å²) in [6, 6.07) is 10.2. The largest absolute Gasteiger partial charge is 0.468 e. The summed E-state index contributed by atoms with van der Waals surface area (Å²) in [5.41, 5.74) is 0.784. The van der Waals surface area contributed by atoms with Gasteiger partial charge < -0.3 is 20.1 Å². The second kappa shape index (κ2) is 12.7. The molecular formula is C25H42N2O4. The molecule has 2 atom stereocenters. The molecule has 0 saturated heterocycles. The van der Waals surface area contributed by atoms with E-state index >= 15 is 0 Å². The average Bonchev–Trinajstić information content (AvgIpc) is 2.67. The Morgan fingerprint density at radius 1 is 0.968 bits per heavy atom. The lowest BCUT2D eigenvalue weighted by molar-refractivity contribution is -0.143. The van der Waals surface area contributed by atoms with Crippen LogP contribution in [-0.2, 0) is 20.7 Å². The predicted molar refractivity (Wildman–Crippen MR) is 125 cm³/mol. The van der Waals surface area contributed by atoms with Crippen LogP contribution in [0.4, 0.5) is 4.79 Å². The van der Waals surface area contributed by atoms with E-state index in [1.54, 1.807) is 0 Å². The van der Waals surface area contributed by atoms with E-state index in [-0.39, 0.29) is 23.5 Å². The number of hydrogen-bond acceptors (Lipinski definition) is 5. The van der Waals surface area contributed by atoms with Gasteiger partial charge in [0.05, 0.1) is 7.11 Å². The van der Waals surface area contributed by atoms with Crippen molar-refractivity contribution in [1.29, 1.82) is 0 Å². The molecule has 0 bridgehead atoms. The zero-order valence-electron chi connectivity index (χ0n) is 20.4. The number of unbranched alkanes of at least 4 members (excludes halogenated alkanes) is 1. The van der Waals surface area contributed by atoms with E-state index < -0.39 is 11.7 Å². The van der Waals surface area contributed by atoms with E-state index in [2.05, 4.69) is 55.7 Å². The Morgan fingerprint density at radius 2 is 1.61 bits per heavy atom. The fourth-order valence-corrected chi connectivity index (χ4v) is 3.35. The number of benzene rings is 1. The van der Waals surface area contributed by atoms with Crippen molar-refractivity contribution in [3.8, 4) is 0 Å². The monoisotopic (exact) mass is 434 g/mol. The summed E-state index contributed by atoms with van der Waals surface area (Å²) in [7, 11) is 1.43. The Kier molecular flexibility index (Phi) is 11.0. The van der Waals surface area contributed by atoms with Crippen LogP contribution in [0.5, 0.6) is 0 Å². The van der Waals surface area contributed by atoms with Gasteiger partial charge >= 0.3 is 12.1 Å². The minimum atomic E-state index is -0.508. The number of aryl methyl sites for hydroxylation is 1. The van der Waals surface area contributed by atoms with Crippen molar-refractivity contribution in [3.63, 3.8) is 0 Å². The van der Waals surface area contributed by atoms with Crippen molar-refractivity contribution in [2.75, 3.05) is 13.7 Å². The number of methoxy groups -OCH3 is 1. The van der Waals surface area contributed by atoms with Crippen molar-refractivity contribution in [2.45, 2.75) is 91.3 Å². The van der Waals surface area contributed by atoms with Crippen LogP contribution >= 0.6 is 0 Å². The predicted octanol–water partition coefficient (Wildman–Crippen LogP) is 4.86. The molecule has 31 heavy (non-hydrogen) atoms. The highest BCUT2D eigenvalue weighted by molar-refractivity contribution is 5.75. The standard InChI is InChI=1S/C25H42N2O4/c1-24(2,3)21(17-16-19-13-9-8-10-14-19)27-20(22(28)30-7)15-11-12-18-26-23(29)31-25(4,5)6/h8-10,13-14,20-21,27H,11-12,15-18H2,1-7H3,(H,26,29)/t20-,21-/m0/s1. The molecule has 1 aromatic carbocycles. The second-order valence-electron chi connectivity index (χ2n) is 10.1.